The van der Waals surface area contributed by atoms with Gasteiger partial charge in [-0.1, -0.05) is 19.3 Å². The summed E-state index contributed by atoms with van der Waals surface area (Å²) in [5, 5.41) is 6.86. The van der Waals surface area contributed by atoms with Gasteiger partial charge >= 0.3 is 0 Å². The van der Waals surface area contributed by atoms with Crippen LogP contribution < -0.4 is 10.6 Å². The van der Waals surface area contributed by atoms with E-state index >= 15 is 0 Å². The zero-order chi connectivity index (χ0) is 19.5. The second-order valence-electron chi connectivity index (χ2n) is 7.72. The number of furan rings is 1. The van der Waals surface area contributed by atoms with Gasteiger partial charge in [-0.15, -0.1) is 0 Å². The molecule has 0 spiro atoms. The van der Waals surface area contributed by atoms with Crippen molar-refractivity contribution in [1.29, 1.82) is 0 Å². The molecule has 1 saturated carbocycles. The van der Waals surface area contributed by atoms with Crippen LogP contribution in [0.2, 0.25) is 0 Å². The Morgan fingerprint density at radius 2 is 1.96 bits per heavy atom. The van der Waals surface area contributed by atoms with Crippen LogP contribution in [0.1, 0.15) is 37.9 Å². The number of guanidine groups is 1. The Bertz CT molecular complexity index is 564. The van der Waals surface area contributed by atoms with E-state index in [4.69, 9.17) is 18.9 Å². The third kappa shape index (κ3) is 6.22. The maximum Gasteiger partial charge on any atom is 0.191 e. The van der Waals surface area contributed by atoms with Crippen molar-refractivity contribution in [3.8, 4) is 0 Å². The molecule has 7 heteroatoms. The van der Waals surface area contributed by atoms with Crippen LogP contribution in [0.5, 0.6) is 0 Å². The van der Waals surface area contributed by atoms with E-state index in [1.54, 1.807) is 13.4 Å². The number of nitrogens with one attached hydrogen (secondary N) is 2. The Hall–Kier alpha value is -1.57. The minimum Gasteiger partial charge on any atom is -0.469 e. The van der Waals surface area contributed by atoms with Crippen molar-refractivity contribution in [3.63, 3.8) is 0 Å². The van der Waals surface area contributed by atoms with Crippen molar-refractivity contribution >= 4 is 5.96 Å². The Morgan fingerprint density at radius 1 is 1.18 bits per heavy atom. The van der Waals surface area contributed by atoms with E-state index in [1.165, 1.54) is 32.1 Å². The first-order valence-electron chi connectivity index (χ1n) is 10.7. The zero-order valence-corrected chi connectivity index (χ0v) is 17.3. The molecule has 28 heavy (non-hydrogen) atoms. The summed E-state index contributed by atoms with van der Waals surface area (Å²) in [6.45, 7) is 6.74. The SMILES string of the molecule is COCCNC(=NCC1(N2CCOCC2)CCCCC1)NCCc1ccco1. The number of rotatable bonds is 9. The van der Waals surface area contributed by atoms with E-state index in [2.05, 4.69) is 15.5 Å². The van der Waals surface area contributed by atoms with Crippen LogP contribution in [0, 0.1) is 0 Å². The van der Waals surface area contributed by atoms with E-state index in [0.29, 0.717) is 6.61 Å². The van der Waals surface area contributed by atoms with Crippen LogP contribution in [0.3, 0.4) is 0 Å². The number of methoxy groups -OCH3 is 1. The van der Waals surface area contributed by atoms with Crippen molar-refractivity contribution in [1.82, 2.24) is 15.5 Å². The van der Waals surface area contributed by atoms with Crippen LogP contribution in [0.15, 0.2) is 27.8 Å². The predicted molar refractivity (Wildman–Crippen MR) is 111 cm³/mol. The van der Waals surface area contributed by atoms with Crippen molar-refractivity contribution < 1.29 is 13.9 Å². The van der Waals surface area contributed by atoms with Gasteiger partial charge in [-0.05, 0) is 25.0 Å². The molecule has 3 rings (SSSR count). The number of hydrogen-bond donors (Lipinski definition) is 2. The van der Waals surface area contributed by atoms with Gasteiger partial charge in [-0.3, -0.25) is 9.89 Å². The highest BCUT2D eigenvalue weighted by molar-refractivity contribution is 5.79. The lowest BCUT2D eigenvalue weighted by Gasteiger charge is -2.47. The van der Waals surface area contributed by atoms with Crippen LogP contribution >= 0.6 is 0 Å². The van der Waals surface area contributed by atoms with Crippen LogP contribution in [-0.4, -0.2) is 76.1 Å². The topological polar surface area (TPSA) is 71.3 Å². The Morgan fingerprint density at radius 3 is 2.68 bits per heavy atom. The van der Waals surface area contributed by atoms with Gasteiger partial charge in [0.2, 0.25) is 0 Å². The highest BCUT2D eigenvalue weighted by Gasteiger charge is 2.38. The van der Waals surface area contributed by atoms with Gasteiger partial charge in [0.05, 0.1) is 32.6 Å². The van der Waals surface area contributed by atoms with E-state index < -0.39 is 0 Å². The molecular formula is C21H36N4O3. The molecule has 1 aromatic heterocycles. The highest BCUT2D eigenvalue weighted by atomic mass is 16.5. The highest BCUT2D eigenvalue weighted by Crippen LogP contribution is 2.34. The minimum atomic E-state index is 0.179. The molecule has 0 atom stereocenters. The van der Waals surface area contributed by atoms with Gasteiger partial charge in [0.25, 0.3) is 0 Å². The second-order valence-corrected chi connectivity index (χ2v) is 7.72. The van der Waals surface area contributed by atoms with E-state index in [9.17, 15) is 0 Å². The normalized spacial score (nSPS) is 20.8. The molecule has 0 aromatic carbocycles. The van der Waals surface area contributed by atoms with Crippen LogP contribution in [0.4, 0.5) is 0 Å². The smallest absolute Gasteiger partial charge is 0.191 e. The Balaban J connectivity index is 1.61. The average Bonchev–Trinajstić information content (AvgIpc) is 3.27. The van der Waals surface area contributed by atoms with Gasteiger partial charge in [0, 0.05) is 45.2 Å². The maximum atomic E-state index is 5.59. The Kier molecular flexibility index (Phi) is 8.64. The van der Waals surface area contributed by atoms with Crippen molar-refractivity contribution in [2.75, 3.05) is 59.7 Å². The average molecular weight is 393 g/mol. The molecular weight excluding hydrogens is 356 g/mol. The fourth-order valence-electron chi connectivity index (χ4n) is 4.25. The first-order valence-corrected chi connectivity index (χ1v) is 10.7. The summed E-state index contributed by atoms with van der Waals surface area (Å²) in [7, 11) is 1.72. The van der Waals surface area contributed by atoms with Gasteiger partial charge in [-0.2, -0.15) is 0 Å². The number of hydrogen-bond acceptors (Lipinski definition) is 5. The van der Waals surface area contributed by atoms with Crippen LogP contribution in [-0.2, 0) is 15.9 Å². The third-order valence-corrected chi connectivity index (χ3v) is 5.84. The zero-order valence-electron chi connectivity index (χ0n) is 17.3. The quantitative estimate of drug-likeness (QED) is 0.381. The third-order valence-electron chi connectivity index (χ3n) is 5.84. The van der Waals surface area contributed by atoms with Crippen LogP contribution in [0.25, 0.3) is 0 Å². The number of nitrogens with zero attached hydrogens (tertiary/aromatic N) is 2. The van der Waals surface area contributed by atoms with Crippen molar-refractivity contribution in [2.45, 2.75) is 44.1 Å². The summed E-state index contributed by atoms with van der Waals surface area (Å²) in [6.07, 6.45) is 8.96. The molecule has 7 nitrogen and oxygen atoms in total. The van der Waals surface area contributed by atoms with Gasteiger partial charge in [-0.25, -0.2) is 0 Å². The van der Waals surface area contributed by atoms with Gasteiger partial charge in [0.15, 0.2) is 5.96 Å². The summed E-state index contributed by atoms with van der Waals surface area (Å²) < 4.78 is 16.2. The molecule has 1 aromatic rings. The molecule has 158 valence electrons. The standard InChI is InChI=1S/C21H36N4O3/c1-26-15-11-23-20(22-10-7-19-6-5-14-28-19)24-18-21(8-3-2-4-9-21)25-12-16-27-17-13-25/h5-6,14H,2-4,7-13,15-18H2,1H3,(H2,22,23,24). The lowest BCUT2D eigenvalue weighted by molar-refractivity contribution is -0.0333. The summed E-state index contributed by atoms with van der Waals surface area (Å²) in [5.41, 5.74) is 0.179. The summed E-state index contributed by atoms with van der Waals surface area (Å²) >= 11 is 0. The second kappa shape index (κ2) is 11.4. The number of ether oxygens (including phenoxy) is 2. The van der Waals surface area contributed by atoms with E-state index in [-0.39, 0.29) is 5.54 Å². The van der Waals surface area contributed by atoms with Crippen molar-refractivity contribution in [2.24, 2.45) is 4.99 Å². The molecule has 0 bridgehead atoms. The fourth-order valence-corrected chi connectivity index (χ4v) is 4.25. The monoisotopic (exact) mass is 392 g/mol. The summed E-state index contributed by atoms with van der Waals surface area (Å²) in [5.74, 6) is 1.85. The molecule has 2 fully saturated rings. The molecule has 0 amide bonds. The maximum absolute atomic E-state index is 5.59. The lowest BCUT2D eigenvalue weighted by atomic mass is 9.80. The first kappa shape index (κ1) is 21.1. The van der Waals surface area contributed by atoms with E-state index in [0.717, 1.165) is 64.1 Å². The molecule has 1 aliphatic heterocycles. The largest absolute Gasteiger partial charge is 0.469 e. The molecule has 1 saturated heterocycles. The summed E-state index contributed by atoms with van der Waals surface area (Å²) in [6, 6.07) is 3.93. The molecule has 2 heterocycles. The number of aliphatic imine (C=N–C) groups is 1. The Labute approximate surface area is 168 Å². The van der Waals surface area contributed by atoms with Gasteiger partial charge in [0.1, 0.15) is 5.76 Å². The van der Waals surface area contributed by atoms with E-state index in [1.807, 2.05) is 12.1 Å². The first-order chi connectivity index (χ1) is 13.8. The van der Waals surface area contributed by atoms with Crippen molar-refractivity contribution in [3.05, 3.63) is 24.2 Å². The molecule has 0 unspecified atom stereocenters. The molecule has 2 N–H and O–H groups in total. The van der Waals surface area contributed by atoms with Gasteiger partial charge < -0.3 is 24.5 Å². The predicted octanol–water partition coefficient (Wildman–Crippen LogP) is 2.04. The molecule has 0 radical (unpaired) electrons. The number of morpholine rings is 1. The summed E-state index contributed by atoms with van der Waals surface area (Å²) in [4.78, 5) is 7.64. The lowest BCUT2D eigenvalue weighted by Crippen LogP contribution is -2.56. The minimum absolute atomic E-state index is 0.179. The fraction of sp³-hybridized carbons (Fsp3) is 0.762. The molecule has 2 aliphatic rings. The molecule has 1 aliphatic carbocycles.